The second-order valence-electron chi connectivity index (χ2n) is 2.87. The van der Waals surface area contributed by atoms with Crippen LogP contribution < -0.4 is 0 Å². The first kappa shape index (κ1) is 11.3. The maximum atomic E-state index is 11.2. The van der Waals surface area contributed by atoms with Gasteiger partial charge in [-0.15, -0.1) is 0 Å². The second-order valence-corrected chi connectivity index (χ2v) is 2.87. The first-order chi connectivity index (χ1) is 7.27. The van der Waals surface area contributed by atoms with Gasteiger partial charge in [-0.1, -0.05) is 30.3 Å². The van der Waals surface area contributed by atoms with E-state index in [1.165, 1.54) is 0 Å². The predicted octanol–water partition coefficient (Wildman–Crippen LogP) is 1.16. The van der Waals surface area contributed by atoms with E-state index in [2.05, 4.69) is 0 Å². The van der Waals surface area contributed by atoms with Crippen LogP contribution >= 0.6 is 0 Å². The highest BCUT2D eigenvalue weighted by Gasteiger charge is 2.09. The van der Waals surface area contributed by atoms with Gasteiger partial charge < -0.3 is 14.9 Å². The number of aliphatic hydroxyl groups is 2. The second kappa shape index (κ2) is 5.82. The fourth-order valence-corrected chi connectivity index (χ4v) is 0.974. The molecule has 0 bridgehead atoms. The van der Waals surface area contributed by atoms with Crippen molar-refractivity contribution in [2.45, 2.75) is 6.61 Å². The van der Waals surface area contributed by atoms with E-state index in [1.54, 1.807) is 0 Å². The number of rotatable bonds is 4. The van der Waals surface area contributed by atoms with Crippen LogP contribution in [0.3, 0.4) is 0 Å². The van der Waals surface area contributed by atoms with E-state index in [-0.39, 0.29) is 12.2 Å². The van der Waals surface area contributed by atoms with Crippen LogP contribution in [0.5, 0.6) is 0 Å². The molecule has 0 saturated heterocycles. The minimum absolute atomic E-state index is 0.122. The number of carbonyl (C=O) groups excluding carboxylic acids is 1. The van der Waals surface area contributed by atoms with Crippen molar-refractivity contribution in [1.82, 2.24) is 0 Å². The van der Waals surface area contributed by atoms with E-state index in [9.17, 15) is 4.79 Å². The van der Waals surface area contributed by atoms with Crippen molar-refractivity contribution in [2.75, 3.05) is 6.61 Å². The Kier molecular flexibility index (Phi) is 4.37. The molecule has 2 N–H and O–H groups in total. The monoisotopic (exact) mass is 208 g/mol. The molecule has 80 valence electrons. The van der Waals surface area contributed by atoms with Crippen molar-refractivity contribution in [1.29, 1.82) is 0 Å². The largest absolute Gasteiger partial charge is 0.515 e. The Morgan fingerprint density at radius 1 is 1.33 bits per heavy atom. The summed E-state index contributed by atoms with van der Waals surface area (Å²) < 4.78 is 4.84. The van der Waals surface area contributed by atoms with E-state index in [4.69, 9.17) is 14.9 Å². The lowest BCUT2D eigenvalue weighted by Gasteiger charge is -2.04. The molecule has 15 heavy (non-hydrogen) atoms. The van der Waals surface area contributed by atoms with Gasteiger partial charge in [0.1, 0.15) is 6.61 Å². The maximum absolute atomic E-state index is 11.2. The Hall–Kier alpha value is -1.81. The average molecular weight is 208 g/mol. The fraction of sp³-hybridized carbons (Fsp3) is 0.182. The van der Waals surface area contributed by atoms with Crippen molar-refractivity contribution < 1.29 is 19.7 Å². The molecular weight excluding hydrogens is 196 g/mol. The van der Waals surface area contributed by atoms with Gasteiger partial charge in [-0.2, -0.15) is 0 Å². The molecule has 0 heterocycles. The van der Waals surface area contributed by atoms with Gasteiger partial charge >= 0.3 is 5.97 Å². The number of esters is 1. The zero-order chi connectivity index (χ0) is 11.1. The van der Waals surface area contributed by atoms with E-state index >= 15 is 0 Å². The van der Waals surface area contributed by atoms with Crippen LogP contribution in [0.1, 0.15) is 5.56 Å². The highest BCUT2D eigenvalue weighted by atomic mass is 16.5. The molecule has 0 fully saturated rings. The maximum Gasteiger partial charge on any atom is 0.339 e. The van der Waals surface area contributed by atoms with E-state index in [0.29, 0.717) is 6.26 Å². The van der Waals surface area contributed by atoms with E-state index in [0.717, 1.165) is 5.56 Å². The molecule has 1 rings (SSSR count). The summed E-state index contributed by atoms with van der Waals surface area (Å²) in [5, 5.41) is 17.2. The summed E-state index contributed by atoms with van der Waals surface area (Å²) in [6, 6.07) is 9.15. The number of hydrogen-bond donors (Lipinski definition) is 2. The van der Waals surface area contributed by atoms with Crippen LogP contribution in [0.25, 0.3) is 0 Å². The Bertz CT molecular complexity index is 343. The standard InChI is InChI=1S/C11H12O4/c12-6-10(7-13)11(14)15-8-9-4-2-1-3-5-9/h1-6,12-13H,7-8H2. The number of ether oxygens (including phenoxy) is 1. The molecule has 0 radical (unpaired) electrons. The first-order valence-corrected chi connectivity index (χ1v) is 4.43. The third-order valence-corrected chi connectivity index (χ3v) is 1.80. The van der Waals surface area contributed by atoms with Crippen LogP contribution in [0.2, 0.25) is 0 Å². The van der Waals surface area contributed by atoms with E-state index < -0.39 is 12.6 Å². The van der Waals surface area contributed by atoms with Crippen LogP contribution in [0.15, 0.2) is 42.2 Å². The van der Waals surface area contributed by atoms with Crippen molar-refractivity contribution >= 4 is 5.97 Å². The van der Waals surface area contributed by atoms with Crippen LogP contribution in [-0.4, -0.2) is 22.8 Å². The van der Waals surface area contributed by atoms with Crippen molar-refractivity contribution in [3.63, 3.8) is 0 Å². The number of aliphatic hydroxyl groups excluding tert-OH is 2. The molecule has 4 nitrogen and oxygen atoms in total. The number of carbonyl (C=O) groups is 1. The Labute approximate surface area is 87.4 Å². The van der Waals surface area contributed by atoms with Gasteiger partial charge in [-0.3, -0.25) is 0 Å². The molecule has 0 aliphatic carbocycles. The lowest BCUT2D eigenvalue weighted by Crippen LogP contribution is -2.10. The summed E-state index contributed by atoms with van der Waals surface area (Å²) in [5.74, 6) is -0.719. The molecule has 0 amide bonds. The highest BCUT2D eigenvalue weighted by Crippen LogP contribution is 2.03. The van der Waals surface area contributed by atoms with Gasteiger partial charge in [-0.05, 0) is 5.56 Å². The molecule has 0 atom stereocenters. The first-order valence-electron chi connectivity index (χ1n) is 4.43. The summed E-state index contributed by atoms with van der Waals surface area (Å²) in [6.07, 6.45) is 0.549. The minimum atomic E-state index is -0.719. The van der Waals surface area contributed by atoms with Gasteiger partial charge in [0.05, 0.1) is 18.4 Å². The number of hydrogen-bond acceptors (Lipinski definition) is 4. The zero-order valence-electron chi connectivity index (χ0n) is 8.09. The quantitative estimate of drug-likeness (QED) is 0.442. The molecular formula is C11H12O4. The van der Waals surface area contributed by atoms with Crippen LogP contribution in [0, 0.1) is 0 Å². The molecule has 1 aromatic rings. The van der Waals surface area contributed by atoms with Gasteiger partial charge in [0.15, 0.2) is 0 Å². The Morgan fingerprint density at radius 3 is 2.53 bits per heavy atom. The Balaban J connectivity index is 2.48. The lowest BCUT2D eigenvalue weighted by molar-refractivity contribution is -0.140. The molecule has 0 aliphatic heterocycles. The molecule has 0 saturated carbocycles. The predicted molar refractivity (Wildman–Crippen MR) is 54.0 cm³/mol. The summed E-state index contributed by atoms with van der Waals surface area (Å²) in [5.41, 5.74) is 0.687. The van der Waals surface area contributed by atoms with Crippen molar-refractivity contribution in [3.8, 4) is 0 Å². The molecule has 0 aliphatic rings. The lowest BCUT2D eigenvalue weighted by atomic mass is 10.2. The Morgan fingerprint density at radius 2 is 2.00 bits per heavy atom. The summed E-state index contributed by atoms with van der Waals surface area (Å²) in [7, 11) is 0. The van der Waals surface area contributed by atoms with Crippen molar-refractivity contribution in [2.24, 2.45) is 0 Å². The van der Waals surface area contributed by atoms with Crippen molar-refractivity contribution in [3.05, 3.63) is 47.7 Å². The summed E-state index contributed by atoms with van der Waals surface area (Å²) in [6.45, 7) is -0.416. The molecule has 1 aromatic carbocycles. The SMILES string of the molecule is O=C(OCc1ccccc1)C(=CO)CO. The smallest absolute Gasteiger partial charge is 0.339 e. The van der Waals surface area contributed by atoms with Gasteiger partial charge in [0, 0.05) is 0 Å². The normalized spacial score (nSPS) is 11.1. The van der Waals surface area contributed by atoms with Crippen LogP contribution in [0.4, 0.5) is 0 Å². The third-order valence-electron chi connectivity index (χ3n) is 1.80. The van der Waals surface area contributed by atoms with E-state index in [1.807, 2.05) is 30.3 Å². The summed E-state index contributed by atoms with van der Waals surface area (Å²) >= 11 is 0. The van der Waals surface area contributed by atoms with Gasteiger partial charge in [-0.25, -0.2) is 4.79 Å². The summed E-state index contributed by atoms with van der Waals surface area (Å²) in [4.78, 5) is 11.2. The third kappa shape index (κ3) is 3.44. The minimum Gasteiger partial charge on any atom is -0.515 e. The van der Waals surface area contributed by atoms with Gasteiger partial charge in [0.25, 0.3) is 0 Å². The number of benzene rings is 1. The molecule has 0 aromatic heterocycles. The molecule has 0 unspecified atom stereocenters. The fourth-order valence-electron chi connectivity index (χ4n) is 0.974. The topological polar surface area (TPSA) is 66.8 Å². The highest BCUT2D eigenvalue weighted by molar-refractivity contribution is 5.88. The average Bonchev–Trinajstić information content (AvgIpc) is 2.29. The van der Waals surface area contributed by atoms with Crippen LogP contribution in [-0.2, 0) is 16.1 Å². The molecule has 4 heteroatoms. The zero-order valence-corrected chi connectivity index (χ0v) is 8.09. The molecule has 0 spiro atoms. The van der Waals surface area contributed by atoms with Gasteiger partial charge in [0.2, 0.25) is 0 Å².